The summed E-state index contributed by atoms with van der Waals surface area (Å²) in [5.74, 6) is 1.28. The molecule has 1 heterocycles. The Bertz CT molecular complexity index is 1510. The third kappa shape index (κ3) is 4.82. The number of hydrogen-bond donors (Lipinski definition) is 2. The maximum absolute atomic E-state index is 10.4. The number of hydrazone groups is 1. The quantitative estimate of drug-likeness (QED) is 0.225. The smallest absolute Gasteiger partial charge is 0.244 e. The van der Waals surface area contributed by atoms with E-state index in [4.69, 9.17) is 4.74 Å². The normalized spacial score (nSPS) is 11.1. The Labute approximate surface area is 203 Å². The minimum atomic E-state index is 0.155. The van der Waals surface area contributed by atoms with Crippen LogP contribution in [0.25, 0.3) is 33.3 Å². The van der Waals surface area contributed by atoms with Crippen molar-refractivity contribution in [1.82, 2.24) is 9.97 Å². The lowest BCUT2D eigenvalue weighted by Crippen LogP contribution is -2.00. The predicted octanol–water partition coefficient (Wildman–Crippen LogP) is 6.43. The first-order valence-electron chi connectivity index (χ1n) is 11.2. The second kappa shape index (κ2) is 9.65. The monoisotopic (exact) mass is 460 g/mol. The van der Waals surface area contributed by atoms with Gasteiger partial charge in [0, 0.05) is 16.7 Å². The van der Waals surface area contributed by atoms with Gasteiger partial charge in [-0.05, 0) is 54.1 Å². The number of benzene rings is 4. The zero-order chi connectivity index (χ0) is 24.2. The number of fused-ring (bicyclic) bond motifs is 1. The Morgan fingerprint density at radius 2 is 1.49 bits per heavy atom. The first kappa shape index (κ1) is 22.1. The lowest BCUT2D eigenvalue weighted by molar-refractivity contribution is 0.415. The molecule has 5 aromatic rings. The first-order valence-corrected chi connectivity index (χ1v) is 11.2. The minimum Gasteiger partial charge on any atom is -0.507 e. The number of rotatable bonds is 6. The highest BCUT2D eigenvalue weighted by atomic mass is 16.5. The molecule has 1 aromatic heterocycles. The Balaban J connectivity index is 1.52. The van der Waals surface area contributed by atoms with Gasteiger partial charge in [-0.3, -0.25) is 0 Å². The molecule has 35 heavy (non-hydrogen) atoms. The van der Waals surface area contributed by atoms with Crippen LogP contribution in [0, 0.1) is 6.92 Å². The van der Waals surface area contributed by atoms with Gasteiger partial charge in [0.2, 0.25) is 5.95 Å². The highest BCUT2D eigenvalue weighted by molar-refractivity contribution is 6.02. The molecule has 4 aromatic carbocycles. The van der Waals surface area contributed by atoms with E-state index in [1.165, 1.54) is 5.56 Å². The van der Waals surface area contributed by atoms with Crippen molar-refractivity contribution in [3.05, 3.63) is 102 Å². The molecular formula is C29H24N4O2. The summed E-state index contributed by atoms with van der Waals surface area (Å²) >= 11 is 0. The van der Waals surface area contributed by atoms with E-state index in [-0.39, 0.29) is 5.75 Å². The molecule has 0 aliphatic rings. The van der Waals surface area contributed by atoms with Crippen LogP contribution in [0.2, 0.25) is 0 Å². The van der Waals surface area contributed by atoms with Crippen molar-refractivity contribution < 1.29 is 9.84 Å². The third-order valence-electron chi connectivity index (χ3n) is 5.77. The Morgan fingerprint density at radius 3 is 2.17 bits per heavy atom. The summed E-state index contributed by atoms with van der Waals surface area (Å²) in [6, 6.07) is 29.2. The zero-order valence-corrected chi connectivity index (χ0v) is 19.4. The number of phenols is 1. The van der Waals surface area contributed by atoms with Gasteiger partial charge < -0.3 is 9.84 Å². The molecule has 0 saturated carbocycles. The summed E-state index contributed by atoms with van der Waals surface area (Å²) in [6.07, 6.45) is 1.59. The number of phenolic OH excluding ortho intramolecular Hbond substituents is 1. The molecule has 0 radical (unpaired) electrons. The summed E-state index contributed by atoms with van der Waals surface area (Å²) in [4.78, 5) is 9.36. The maximum atomic E-state index is 10.4. The van der Waals surface area contributed by atoms with Crippen molar-refractivity contribution in [1.29, 1.82) is 0 Å². The number of ether oxygens (including phenoxy) is 1. The highest BCUT2D eigenvalue weighted by Gasteiger charge is 2.10. The molecule has 0 amide bonds. The molecule has 2 N–H and O–H groups in total. The van der Waals surface area contributed by atoms with Gasteiger partial charge in [0.15, 0.2) is 0 Å². The van der Waals surface area contributed by atoms with Crippen LogP contribution < -0.4 is 10.2 Å². The third-order valence-corrected chi connectivity index (χ3v) is 5.77. The number of aromatic nitrogens is 2. The number of hydrogen-bond acceptors (Lipinski definition) is 6. The number of anilines is 1. The second-order valence-corrected chi connectivity index (χ2v) is 8.15. The van der Waals surface area contributed by atoms with E-state index in [0.29, 0.717) is 11.5 Å². The van der Waals surface area contributed by atoms with E-state index in [1.54, 1.807) is 19.4 Å². The van der Waals surface area contributed by atoms with Gasteiger partial charge in [0.05, 0.1) is 24.7 Å². The summed E-state index contributed by atoms with van der Waals surface area (Å²) in [5, 5.41) is 16.7. The highest BCUT2D eigenvalue weighted by Crippen LogP contribution is 2.28. The van der Waals surface area contributed by atoms with Gasteiger partial charge in [0.25, 0.3) is 0 Å². The fourth-order valence-corrected chi connectivity index (χ4v) is 3.85. The fourth-order valence-electron chi connectivity index (χ4n) is 3.85. The number of nitrogens with one attached hydrogen (secondary N) is 1. The van der Waals surface area contributed by atoms with Gasteiger partial charge in [0.1, 0.15) is 11.5 Å². The van der Waals surface area contributed by atoms with Crippen LogP contribution in [-0.4, -0.2) is 28.4 Å². The fraction of sp³-hybridized carbons (Fsp3) is 0.0690. The SMILES string of the molecule is COc1ccc(-c2cc(-c3ccc(C)cc3)nc(N/N=C/c3c(O)ccc4ccccc34)n2)cc1. The molecule has 172 valence electrons. The molecule has 0 spiro atoms. The van der Waals surface area contributed by atoms with Crippen molar-refractivity contribution in [2.75, 3.05) is 12.5 Å². The van der Waals surface area contributed by atoms with Crippen LogP contribution >= 0.6 is 0 Å². The van der Waals surface area contributed by atoms with Gasteiger partial charge >= 0.3 is 0 Å². The molecule has 6 nitrogen and oxygen atoms in total. The zero-order valence-electron chi connectivity index (χ0n) is 19.4. The van der Waals surface area contributed by atoms with Gasteiger partial charge in [-0.2, -0.15) is 5.10 Å². The van der Waals surface area contributed by atoms with Crippen molar-refractivity contribution in [2.24, 2.45) is 5.10 Å². The summed E-state index contributed by atoms with van der Waals surface area (Å²) < 4.78 is 5.28. The van der Waals surface area contributed by atoms with E-state index >= 15 is 0 Å². The Morgan fingerprint density at radius 1 is 0.829 bits per heavy atom. The summed E-state index contributed by atoms with van der Waals surface area (Å²) in [5.41, 5.74) is 8.19. The van der Waals surface area contributed by atoms with Crippen molar-refractivity contribution >= 4 is 22.9 Å². The largest absolute Gasteiger partial charge is 0.507 e. The maximum Gasteiger partial charge on any atom is 0.244 e. The Kier molecular flexibility index (Phi) is 6.09. The molecule has 0 aliphatic heterocycles. The number of aryl methyl sites for hydroxylation is 1. The van der Waals surface area contributed by atoms with Crippen LogP contribution in [0.3, 0.4) is 0 Å². The molecular weight excluding hydrogens is 436 g/mol. The molecule has 0 saturated heterocycles. The average Bonchev–Trinajstić information content (AvgIpc) is 2.90. The van der Waals surface area contributed by atoms with Gasteiger partial charge in [-0.1, -0.05) is 60.2 Å². The lowest BCUT2D eigenvalue weighted by atomic mass is 10.0. The molecule has 0 atom stereocenters. The first-order chi connectivity index (χ1) is 17.1. The second-order valence-electron chi connectivity index (χ2n) is 8.15. The predicted molar refractivity (Wildman–Crippen MR) is 141 cm³/mol. The molecule has 6 heteroatoms. The molecule has 0 unspecified atom stereocenters. The molecule has 0 fully saturated rings. The van der Waals surface area contributed by atoms with E-state index < -0.39 is 0 Å². The van der Waals surface area contributed by atoms with Crippen molar-refractivity contribution in [3.8, 4) is 34.0 Å². The van der Waals surface area contributed by atoms with Crippen LogP contribution in [0.4, 0.5) is 5.95 Å². The van der Waals surface area contributed by atoms with Crippen LogP contribution in [-0.2, 0) is 0 Å². The molecule has 5 rings (SSSR count). The minimum absolute atomic E-state index is 0.155. The van der Waals surface area contributed by atoms with E-state index in [0.717, 1.165) is 39.0 Å². The van der Waals surface area contributed by atoms with E-state index in [2.05, 4.69) is 39.6 Å². The molecule has 0 bridgehead atoms. The Hall–Kier alpha value is -4.71. The topological polar surface area (TPSA) is 79.6 Å². The van der Waals surface area contributed by atoms with E-state index in [9.17, 15) is 5.11 Å². The summed E-state index contributed by atoms with van der Waals surface area (Å²) in [6.45, 7) is 2.05. The van der Waals surface area contributed by atoms with Crippen LogP contribution in [0.1, 0.15) is 11.1 Å². The van der Waals surface area contributed by atoms with E-state index in [1.807, 2.05) is 72.8 Å². The number of methoxy groups -OCH3 is 1. The van der Waals surface area contributed by atoms with Crippen molar-refractivity contribution in [3.63, 3.8) is 0 Å². The summed E-state index contributed by atoms with van der Waals surface area (Å²) in [7, 11) is 1.64. The number of nitrogens with zero attached hydrogens (tertiary/aromatic N) is 3. The molecule has 0 aliphatic carbocycles. The lowest BCUT2D eigenvalue weighted by Gasteiger charge is -2.09. The number of aromatic hydroxyl groups is 1. The van der Waals surface area contributed by atoms with Crippen LogP contribution in [0.15, 0.2) is 96.1 Å². The van der Waals surface area contributed by atoms with Gasteiger partial charge in [-0.15, -0.1) is 0 Å². The van der Waals surface area contributed by atoms with Crippen LogP contribution in [0.5, 0.6) is 11.5 Å². The van der Waals surface area contributed by atoms with Crippen molar-refractivity contribution in [2.45, 2.75) is 6.92 Å². The standard InChI is InChI=1S/C29H24N4O2/c1-19-7-9-21(10-8-19)26-17-27(22-11-14-23(35-2)15-12-22)32-29(31-26)33-30-18-25-24-6-4-3-5-20(24)13-16-28(25)34/h3-18,34H,1-2H3,(H,31,32,33)/b30-18+. The van der Waals surface area contributed by atoms with Gasteiger partial charge in [-0.25, -0.2) is 15.4 Å². The average molecular weight is 461 g/mol.